The lowest BCUT2D eigenvalue weighted by atomic mass is 10.1. The predicted octanol–water partition coefficient (Wildman–Crippen LogP) is 4.86. The summed E-state index contributed by atoms with van der Waals surface area (Å²) in [5, 5.41) is 10.6. The van der Waals surface area contributed by atoms with E-state index in [2.05, 4.69) is 15.5 Å². The highest BCUT2D eigenvalue weighted by molar-refractivity contribution is 6.00. The highest BCUT2D eigenvalue weighted by atomic mass is 19.4. The second-order valence-electron chi connectivity index (χ2n) is 7.44. The molecule has 1 amide bonds. The summed E-state index contributed by atoms with van der Waals surface area (Å²) >= 11 is 0. The summed E-state index contributed by atoms with van der Waals surface area (Å²) in [6.45, 7) is 4.14. The van der Waals surface area contributed by atoms with Gasteiger partial charge in [0.15, 0.2) is 5.56 Å². The Bertz CT molecular complexity index is 1170. The third kappa shape index (κ3) is 5.00. The molecule has 0 fully saturated rings. The molecule has 2 heterocycles. The van der Waals surface area contributed by atoms with Crippen molar-refractivity contribution >= 4 is 5.91 Å². The number of fused-ring (bicyclic) bond motifs is 1. The van der Waals surface area contributed by atoms with Crippen molar-refractivity contribution in [2.75, 3.05) is 13.2 Å². The molecule has 0 aliphatic carbocycles. The van der Waals surface area contributed by atoms with Gasteiger partial charge in [-0.05, 0) is 37.6 Å². The van der Waals surface area contributed by atoms with E-state index in [1.165, 1.54) is 12.1 Å². The number of benzene rings is 2. The van der Waals surface area contributed by atoms with E-state index in [1.807, 2.05) is 31.2 Å². The lowest BCUT2D eigenvalue weighted by molar-refractivity contribution is -0.137. The van der Waals surface area contributed by atoms with E-state index in [-0.39, 0.29) is 48.1 Å². The van der Waals surface area contributed by atoms with Crippen molar-refractivity contribution in [1.82, 2.24) is 15.5 Å². The lowest BCUT2D eigenvalue weighted by Crippen LogP contribution is -2.29. The SMILES string of the molecule is Cc1ccc([C@H](C)NC(=O)c2c(Oc3cccc(C(F)(F)F)c3)nnc3c2OCCO3)cc1. The van der Waals surface area contributed by atoms with Crippen LogP contribution in [0.3, 0.4) is 0 Å². The Kier molecular flexibility index (Phi) is 6.08. The first-order valence-corrected chi connectivity index (χ1v) is 10.1. The van der Waals surface area contributed by atoms with Gasteiger partial charge in [-0.1, -0.05) is 35.9 Å². The Balaban J connectivity index is 1.67. The maximum atomic E-state index is 13.2. The quantitative estimate of drug-likeness (QED) is 0.587. The molecule has 1 aromatic heterocycles. The van der Waals surface area contributed by atoms with Gasteiger partial charge in [0.05, 0.1) is 11.6 Å². The lowest BCUT2D eigenvalue weighted by Gasteiger charge is -2.22. The summed E-state index contributed by atoms with van der Waals surface area (Å²) in [5.74, 6) is -1.03. The fraction of sp³-hybridized carbons (Fsp3) is 0.261. The summed E-state index contributed by atoms with van der Waals surface area (Å²) in [6.07, 6.45) is -4.55. The molecular formula is C23H20F3N3O4. The molecule has 10 heteroatoms. The number of nitrogens with zero attached hydrogens (tertiary/aromatic N) is 2. The second kappa shape index (κ2) is 8.97. The number of rotatable bonds is 5. The van der Waals surface area contributed by atoms with Crippen LogP contribution in [0.25, 0.3) is 0 Å². The van der Waals surface area contributed by atoms with Crippen molar-refractivity contribution in [3.8, 4) is 23.3 Å². The molecule has 172 valence electrons. The van der Waals surface area contributed by atoms with E-state index in [4.69, 9.17) is 14.2 Å². The van der Waals surface area contributed by atoms with Gasteiger partial charge < -0.3 is 19.5 Å². The molecule has 1 aliphatic rings. The van der Waals surface area contributed by atoms with Crippen LogP contribution in [0.4, 0.5) is 13.2 Å². The standard InChI is InChI=1S/C23H20F3N3O4/c1-13-6-8-15(9-7-13)14(2)27-20(30)18-19-22(32-11-10-31-19)29-28-21(18)33-17-5-3-4-16(12-17)23(24,25)26/h3-9,12,14H,10-11H2,1-2H3,(H,27,30)/t14-/m0/s1. The second-order valence-corrected chi connectivity index (χ2v) is 7.44. The van der Waals surface area contributed by atoms with E-state index >= 15 is 0 Å². The topological polar surface area (TPSA) is 82.6 Å². The summed E-state index contributed by atoms with van der Waals surface area (Å²) in [4.78, 5) is 13.2. The molecule has 0 spiro atoms. The molecule has 1 atom stereocenters. The first-order valence-electron chi connectivity index (χ1n) is 10.1. The van der Waals surface area contributed by atoms with Gasteiger partial charge in [-0.2, -0.15) is 13.2 Å². The molecule has 0 unspecified atom stereocenters. The smallest absolute Gasteiger partial charge is 0.416 e. The van der Waals surface area contributed by atoms with Crippen molar-refractivity contribution in [3.05, 3.63) is 70.8 Å². The number of halogens is 3. The van der Waals surface area contributed by atoms with E-state index in [1.54, 1.807) is 6.92 Å². The summed E-state index contributed by atoms with van der Waals surface area (Å²) in [6, 6.07) is 11.5. The molecule has 1 N–H and O–H groups in total. The third-order valence-electron chi connectivity index (χ3n) is 4.96. The largest absolute Gasteiger partial charge is 0.484 e. The van der Waals surface area contributed by atoms with Crippen LogP contribution < -0.4 is 19.5 Å². The van der Waals surface area contributed by atoms with Crippen molar-refractivity contribution in [3.63, 3.8) is 0 Å². The number of carbonyl (C=O) groups excluding carboxylic acids is 1. The van der Waals surface area contributed by atoms with Gasteiger partial charge in [-0.3, -0.25) is 4.79 Å². The number of alkyl halides is 3. The van der Waals surface area contributed by atoms with E-state index in [0.29, 0.717) is 0 Å². The number of aryl methyl sites for hydroxylation is 1. The van der Waals surface area contributed by atoms with Crippen LogP contribution in [0.5, 0.6) is 23.3 Å². The van der Waals surface area contributed by atoms with Gasteiger partial charge in [0.2, 0.25) is 5.75 Å². The zero-order chi connectivity index (χ0) is 23.6. The van der Waals surface area contributed by atoms with Gasteiger partial charge in [0, 0.05) is 0 Å². The Morgan fingerprint density at radius 1 is 1.09 bits per heavy atom. The molecule has 0 radical (unpaired) electrons. The molecular weight excluding hydrogens is 439 g/mol. The average Bonchev–Trinajstić information content (AvgIpc) is 2.79. The average molecular weight is 459 g/mol. The number of aromatic nitrogens is 2. The van der Waals surface area contributed by atoms with Crippen LogP contribution in [0.1, 0.15) is 40.0 Å². The van der Waals surface area contributed by atoms with Gasteiger partial charge in [-0.25, -0.2) is 0 Å². The number of nitrogens with one attached hydrogen (secondary N) is 1. The third-order valence-corrected chi connectivity index (χ3v) is 4.96. The molecule has 2 aromatic carbocycles. The molecule has 7 nitrogen and oxygen atoms in total. The Morgan fingerprint density at radius 3 is 2.55 bits per heavy atom. The number of hydrogen-bond acceptors (Lipinski definition) is 6. The monoisotopic (exact) mass is 459 g/mol. The molecule has 3 aromatic rings. The molecule has 0 bridgehead atoms. The summed E-state index contributed by atoms with van der Waals surface area (Å²) in [5.41, 5.74) is 0.926. The van der Waals surface area contributed by atoms with Gasteiger partial charge in [-0.15, -0.1) is 10.2 Å². The van der Waals surface area contributed by atoms with Gasteiger partial charge in [0.1, 0.15) is 19.0 Å². The Hall–Kier alpha value is -3.82. The van der Waals surface area contributed by atoms with Crippen LogP contribution >= 0.6 is 0 Å². The van der Waals surface area contributed by atoms with Crippen molar-refractivity contribution in [1.29, 1.82) is 0 Å². The number of hydrogen-bond donors (Lipinski definition) is 1. The van der Waals surface area contributed by atoms with E-state index in [9.17, 15) is 18.0 Å². The van der Waals surface area contributed by atoms with E-state index in [0.717, 1.165) is 23.3 Å². The number of carbonyl (C=O) groups is 1. The zero-order valence-electron chi connectivity index (χ0n) is 17.8. The van der Waals surface area contributed by atoms with Crippen molar-refractivity contribution in [2.45, 2.75) is 26.1 Å². The predicted molar refractivity (Wildman–Crippen MR) is 112 cm³/mol. The Labute approximate surface area is 187 Å². The fourth-order valence-electron chi connectivity index (χ4n) is 3.23. The normalized spacial score (nSPS) is 13.8. The maximum absolute atomic E-state index is 13.2. The van der Waals surface area contributed by atoms with Crippen LogP contribution in [-0.2, 0) is 6.18 Å². The molecule has 33 heavy (non-hydrogen) atoms. The minimum absolute atomic E-state index is 0.00535. The van der Waals surface area contributed by atoms with E-state index < -0.39 is 17.6 Å². The van der Waals surface area contributed by atoms with Crippen molar-refractivity contribution < 1.29 is 32.2 Å². The fourth-order valence-corrected chi connectivity index (χ4v) is 3.23. The summed E-state index contributed by atoms with van der Waals surface area (Å²) in [7, 11) is 0. The molecule has 0 saturated heterocycles. The minimum Gasteiger partial charge on any atom is -0.484 e. The first-order chi connectivity index (χ1) is 15.7. The molecule has 0 saturated carbocycles. The number of ether oxygens (including phenoxy) is 3. The van der Waals surface area contributed by atoms with Crippen molar-refractivity contribution in [2.24, 2.45) is 0 Å². The van der Waals surface area contributed by atoms with Crippen LogP contribution in [0, 0.1) is 6.92 Å². The van der Waals surface area contributed by atoms with Crippen LogP contribution in [0.15, 0.2) is 48.5 Å². The molecule has 1 aliphatic heterocycles. The van der Waals surface area contributed by atoms with Gasteiger partial charge in [0.25, 0.3) is 17.7 Å². The highest BCUT2D eigenvalue weighted by Crippen LogP contribution is 2.39. The summed E-state index contributed by atoms with van der Waals surface area (Å²) < 4.78 is 55.8. The minimum atomic E-state index is -4.55. The first kappa shape index (κ1) is 22.4. The number of amides is 1. The van der Waals surface area contributed by atoms with Crippen LogP contribution in [-0.4, -0.2) is 29.3 Å². The highest BCUT2D eigenvalue weighted by Gasteiger charge is 2.32. The Morgan fingerprint density at radius 2 is 1.82 bits per heavy atom. The zero-order valence-corrected chi connectivity index (χ0v) is 17.8. The maximum Gasteiger partial charge on any atom is 0.416 e. The van der Waals surface area contributed by atoms with Crippen LogP contribution in [0.2, 0.25) is 0 Å². The molecule has 4 rings (SSSR count). The van der Waals surface area contributed by atoms with Gasteiger partial charge >= 0.3 is 6.18 Å².